The predicted molar refractivity (Wildman–Crippen MR) is 113 cm³/mol. The van der Waals surface area contributed by atoms with Crippen LogP contribution in [0.4, 0.5) is 5.69 Å². The molecule has 0 aliphatic carbocycles. The second kappa shape index (κ2) is 9.30. The normalized spacial score (nSPS) is 13.5. The first-order valence-corrected chi connectivity index (χ1v) is 10.0. The summed E-state index contributed by atoms with van der Waals surface area (Å²) in [4.78, 5) is 28.8. The fourth-order valence-electron chi connectivity index (χ4n) is 3.31. The standard InChI is InChI=1S/C21H23Cl2N3O2/c1-25(14-15-6-2-3-7-19(15)26-10-4-5-11-26)20(27)13-24-21(28)17-9-8-16(22)12-18(17)23/h2-3,6-9,12H,4-5,10-11,13-14H2,1H3,(H,24,28). The summed E-state index contributed by atoms with van der Waals surface area (Å²) in [6.07, 6.45) is 2.39. The molecule has 7 heteroatoms. The van der Waals surface area contributed by atoms with Gasteiger partial charge in [0.2, 0.25) is 5.91 Å². The van der Waals surface area contributed by atoms with E-state index in [9.17, 15) is 9.59 Å². The van der Waals surface area contributed by atoms with Crippen molar-refractivity contribution in [3.8, 4) is 0 Å². The number of para-hydroxylation sites is 1. The lowest BCUT2D eigenvalue weighted by molar-refractivity contribution is -0.129. The maximum Gasteiger partial charge on any atom is 0.253 e. The summed E-state index contributed by atoms with van der Waals surface area (Å²) in [7, 11) is 1.74. The van der Waals surface area contributed by atoms with Gasteiger partial charge in [0.05, 0.1) is 17.1 Å². The Hall–Kier alpha value is -2.24. The van der Waals surface area contributed by atoms with Crippen LogP contribution in [0.1, 0.15) is 28.8 Å². The van der Waals surface area contributed by atoms with Crippen LogP contribution in [0.25, 0.3) is 0 Å². The van der Waals surface area contributed by atoms with Gasteiger partial charge in [-0.15, -0.1) is 0 Å². The molecule has 1 saturated heterocycles. The monoisotopic (exact) mass is 419 g/mol. The van der Waals surface area contributed by atoms with E-state index in [0.29, 0.717) is 17.1 Å². The van der Waals surface area contributed by atoms with Gasteiger partial charge in [-0.05, 0) is 42.7 Å². The molecule has 3 rings (SSSR count). The van der Waals surface area contributed by atoms with Crippen molar-refractivity contribution in [3.63, 3.8) is 0 Å². The Kier molecular flexibility index (Phi) is 6.81. The number of carbonyl (C=O) groups excluding carboxylic acids is 2. The number of hydrogen-bond acceptors (Lipinski definition) is 3. The van der Waals surface area contributed by atoms with Crippen LogP contribution >= 0.6 is 23.2 Å². The van der Waals surface area contributed by atoms with Crippen molar-refractivity contribution in [1.29, 1.82) is 0 Å². The summed E-state index contributed by atoms with van der Waals surface area (Å²) in [5.74, 6) is -0.574. The average molecular weight is 420 g/mol. The summed E-state index contributed by atoms with van der Waals surface area (Å²) < 4.78 is 0. The highest BCUT2D eigenvalue weighted by molar-refractivity contribution is 6.36. The Morgan fingerprint density at radius 3 is 2.54 bits per heavy atom. The number of rotatable bonds is 6. The highest BCUT2D eigenvalue weighted by Gasteiger charge is 2.18. The van der Waals surface area contributed by atoms with Crippen LogP contribution in [-0.4, -0.2) is 43.4 Å². The Morgan fingerprint density at radius 1 is 1.11 bits per heavy atom. The van der Waals surface area contributed by atoms with Crippen LogP contribution in [0.3, 0.4) is 0 Å². The zero-order valence-electron chi connectivity index (χ0n) is 15.8. The number of amides is 2. The first-order chi connectivity index (χ1) is 13.5. The smallest absolute Gasteiger partial charge is 0.253 e. The highest BCUT2D eigenvalue weighted by Crippen LogP contribution is 2.25. The van der Waals surface area contributed by atoms with Crippen molar-refractivity contribution in [2.45, 2.75) is 19.4 Å². The molecule has 0 atom stereocenters. The van der Waals surface area contributed by atoms with E-state index in [1.165, 1.54) is 24.6 Å². The maximum absolute atomic E-state index is 12.5. The molecule has 148 valence electrons. The molecule has 1 aliphatic rings. The molecule has 1 N–H and O–H groups in total. The minimum atomic E-state index is -0.402. The Morgan fingerprint density at radius 2 is 1.82 bits per heavy atom. The Bertz CT molecular complexity index is 866. The molecular weight excluding hydrogens is 397 g/mol. The second-order valence-corrected chi connectivity index (χ2v) is 7.72. The number of halogens is 2. The van der Waals surface area contributed by atoms with Crippen molar-refractivity contribution in [3.05, 3.63) is 63.6 Å². The predicted octanol–water partition coefficient (Wildman–Crippen LogP) is 3.98. The first kappa shape index (κ1) is 20.5. The molecule has 0 bridgehead atoms. The van der Waals surface area contributed by atoms with Crippen molar-refractivity contribution in [2.24, 2.45) is 0 Å². The van der Waals surface area contributed by atoms with E-state index in [1.54, 1.807) is 24.1 Å². The number of anilines is 1. The van der Waals surface area contributed by atoms with E-state index in [1.807, 2.05) is 18.2 Å². The molecular formula is C21H23Cl2N3O2. The van der Waals surface area contributed by atoms with E-state index in [0.717, 1.165) is 18.7 Å². The molecule has 1 fully saturated rings. The van der Waals surface area contributed by atoms with Crippen molar-refractivity contribution in [1.82, 2.24) is 10.2 Å². The van der Waals surface area contributed by atoms with Gasteiger partial charge in [-0.1, -0.05) is 41.4 Å². The van der Waals surface area contributed by atoms with E-state index in [4.69, 9.17) is 23.2 Å². The minimum Gasteiger partial charge on any atom is -0.371 e. The lowest BCUT2D eigenvalue weighted by Crippen LogP contribution is -2.38. The van der Waals surface area contributed by atoms with Gasteiger partial charge in [0.1, 0.15) is 0 Å². The summed E-state index contributed by atoms with van der Waals surface area (Å²) >= 11 is 11.9. The summed E-state index contributed by atoms with van der Waals surface area (Å²) in [5.41, 5.74) is 2.57. The van der Waals surface area contributed by atoms with Gasteiger partial charge in [0.25, 0.3) is 5.91 Å². The SMILES string of the molecule is CN(Cc1ccccc1N1CCCC1)C(=O)CNC(=O)c1ccc(Cl)cc1Cl. The van der Waals surface area contributed by atoms with Crippen LogP contribution in [0.15, 0.2) is 42.5 Å². The molecule has 0 spiro atoms. The minimum absolute atomic E-state index is 0.0971. The van der Waals surface area contributed by atoms with Crippen molar-refractivity contribution in [2.75, 3.05) is 31.6 Å². The third kappa shape index (κ3) is 4.97. The van der Waals surface area contributed by atoms with Gasteiger partial charge in [0.15, 0.2) is 0 Å². The van der Waals surface area contributed by atoms with Crippen LogP contribution in [0.5, 0.6) is 0 Å². The van der Waals surface area contributed by atoms with Gasteiger partial charge in [-0.25, -0.2) is 0 Å². The van der Waals surface area contributed by atoms with E-state index in [-0.39, 0.29) is 17.5 Å². The van der Waals surface area contributed by atoms with E-state index in [2.05, 4.69) is 16.3 Å². The van der Waals surface area contributed by atoms with Gasteiger partial charge < -0.3 is 15.1 Å². The molecule has 5 nitrogen and oxygen atoms in total. The number of carbonyl (C=O) groups is 2. The van der Waals surface area contributed by atoms with Gasteiger partial charge in [-0.3, -0.25) is 9.59 Å². The van der Waals surface area contributed by atoms with Gasteiger partial charge >= 0.3 is 0 Å². The Balaban J connectivity index is 1.59. The Labute approximate surface area is 175 Å². The summed E-state index contributed by atoms with van der Waals surface area (Å²) in [6.45, 7) is 2.49. The summed E-state index contributed by atoms with van der Waals surface area (Å²) in [6, 6.07) is 12.8. The topological polar surface area (TPSA) is 52.6 Å². The molecule has 0 unspecified atom stereocenters. The number of nitrogens with zero attached hydrogens (tertiary/aromatic N) is 2. The molecule has 0 saturated carbocycles. The lowest BCUT2D eigenvalue weighted by atomic mass is 10.1. The van der Waals surface area contributed by atoms with E-state index >= 15 is 0 Å². The van der Waals surface area contributed by atoms with Gasteiger partial charge in [0, 0.05) is 37.4 Å². The largest absolute Gasteiger partial charge is 0.371 e. The molecule has 1 aliphatic heterocycles. The van der Waals surface area contributed by atoms with Crippen LogP contribution in [0.2, 0.25) is 10.0 Å². The zero-order chi connectivity index (χ0) is 20.1. The first-order valence-electron chi connectivity index (χ1n) is 9.26. The third-order valence-electron chi connectivity index (χ3n) is 4.85. The molecule has 2 aromatic rings. The second-order valence-electron chi connectivity index (χ2n) is 6.88. The number of nitrogens with one attached hydrogen (secondary N) is 1. The van der Waals surface area contributed by atoms with Crippen LogP contribution < -0.4 is 10.2 Å². The molecule has 2 amide bonds. The molecule has 0 radical (unpaired) electrons. The molecule has 1 heterocycles. The summed E-state index contributed by atoms with van der Waals surface area (Å²) in [5, 5.41) is 3.34. The number of hydrogen-bond donors (Lipinski definition) is 1. The van der Waals surface area contributed by atoms with Crippen LogP contribution in [-0.2, 0) is 11.3 Å². The maximum atomic E-state index is 12.5. The van der Waals surface area contributed by atoms with Crippen molar-refractivity contribution < 1.29 is 9.59 Å². The fraction of sp³-hybridized carbons (Fsp3) is 0.333. The molecule has 2 aromatic carbocycles. The molecule has 28 heavy (non-hydrogen) atoms. The quantitative estimate of drug-likeness (QED) is 0.769. The zero-order valence-corrected chi connectivity index (χ0v) is 17.3. The van der Waals surface area contributed by atoms with Crippen molar-refractivity contribution >= 4 is 40.7 Å². The molecule has 0 aromatic heterocycles. The average Bonchev–Trinajstić information content (AvgIpc) is 3.20. The number of benzene rings is 2. The van der Waals surface area contributed by atoms with Gasteiger partial charge in [-0.2, -0.15) is 0 Å². The lowest BCUT2D eigenvalue weighted by Gasteiger charge is -2.24. The van der Waals surface area contributed by atoms with Crippen LogP contribution in [0, 0.1) is 0 Å². The number of likely N-dealkylation sites (N-methyl/N-ethyl adjacent to an activating group) is 1. The van der Waals surface area contributed by atoms with E-state index < -0.39 is 5.91 Å². The third-order valence-corrected chi connectivity index (χ3v) is 5.40. The highest BCUT2D eigenvalue weighted by atomic mass is 35.5. The fourth-order valence-corrected chi connectivity index (χ4v) is 3.81.